The van der Waals surface area contributed by atoms with E-state index in [4.69, 9.17) is 0 Å². The van der Waals surface area contributed by atoms with Gasteiger partial charge in [-0.3, -0.25) is 4.79 Å². The van der Waals surface area contributed by atoms with Gasteiger partial charge in [0.05, 0.1) is 13.7 Å². The molecule has 0 aromatic carbocycles. The lowest BCUT2D eigenvalue weighted by Gasteiger charge is -2.19. The lowest BCUT2D eigenvalue weighted by molar-refractivity contribution is -0.120. The summed E-state index contributed by atoms with van der Waals surface area (Å²) < 4.78 is 31.2. The number of rotatable bonds is 3. The van der Waals surface area contributed by atoms with Gasteiger partial charge in [-0.1, -0.05) is 0 Å². The quantitative estimate of drug-likeness (QED) is 0.807. The van der Waals surface area contributed by atoms with Crippen LogP contribution in [0.4, 0.5) is 0 Å². The van der Waals surface area contributed by atoms with Gasteiger partial charge in [0.2, 0.25) is 15.9 Å². The van der Waals surface area contributed by atoms with Crippen LogP contribution in [0, 0.1) is 6.92 Å². The van der Waals surface area contributed by atoms with E-state index in [-0.39, 0.29) is 28.8 Å². The van der Waals surface area contributed by atoms with E-state index in [9.17, 15) is 18.0 Å². The molecule has 2 rings (SSSR count). The normalized spacial score (nSPS) is 17.1. The van der Waals surface area contributed by atoms with Crippen molar-refractivity contribution in [2.24, 2.45) is 0 Å². The number of nitrogens with one attached hydrogen (secondary N) is 1. The fourth-order valence-corrected chi connectivity index (χ4v) is 5.19. The number of hydrogen-bond donors (Lipinski definition) is 1. The van der Waals surface area contributed by atoms with Crippen molar-refractivity contribution in [2.45, 2.75) is 18.2 Å². The van der Waals surface area contributed by atoms with Gasteiger partial charge < -0.3 is 10.1 Å². The SMILES string of the molecule is COC(=O)c1scc(C)c1S(=O)(=O)N1CCCNC(=O)C1. The molecule has 116 valence electrons. The third-order valence-electron chi connectivity index (χ3n) is 3.11. The first-order valence-electron chi connectivity index (χ1n) is 6.31. The highest BCUT2D eigenvalue weighted by Gasteiger charge is 2.34. The summed E-state index contributed by atoms with van der Waals surface area (Å²) in [5, 5.41) is 4.22. The number of sulfonamides is 1. The standard InChI is InChI=1S/C12H16N2O5S2/c1-8-7-20-10(12(16)19-2)11(8)21(17,18)14-5-3-4-13-9(15)6-14/h7H,3-6H2,1-2H3,(H,13,15). The van der Waals surface area contributed by atoms with Gasteiger partial charge in [-0.25, -0.2) is 13.2 Å². The van der Waals surface area contributed by atoms with Crippen LogP contribution in [-0.4, -0.2) is 51.3 Å². The minimum atomic E-state index is -3.91. The third-order valence-corrected chi connectivity index (χ3v) is 6.35. The molecule has 2 heterocycles. The Hall–Kier alpha value is -1.45. The molecule has 0 unspecified atom stereocenters. The molecular formula is C12H16N2O5S2. The van der Waals surface area contributed by atoms with E-state index in [0.717, 1.165) is 15.6 Å². The largest absolute Gasteiger partial charge is 0.465 e. The minimum absolute atomic E-state index is 0.0413. The van der Waals surface area contributed by atoms with E-state index in [2.05, 4.69) is 10.1 Å². The zero-order chi connectivity index (χ0) is 15.6. The summed E-state index contributed by atoms with van der Waals surface area (Å²) in [7, 11) is -2.71. The van der Waals surface area contributed by atoms with Crippen molar-refractivity contribution in [3.05, 3.63) is 15.8 Å². The average molecular weight is 332 g/mol. The number of ether oxygens (including phenoxy) is 1. The highest BCUT2D eigenvalue weighted by molar-refractivity contribution is 7.89. The number of amides is 1. The zero-order valence-electron chi connectivity index (χ0n) is 11.7. The van der Waals surface area contributed by atoms with Gasteiger partial charge in [-0.2, -0.15) is 4.31 Å². The van der Waals surface area contributed by atoms with Crippen LogP contribution in [0.3, 0.4) is 0 Å². The molecule has 1 N–H and O–H groups in total. The molecule has 0 atom stereocenters. The second-order valence-electron chi connectivity index (χ2n) is 4.61. The molecule has 1 fully saturated rings. The summed E-state index contributed by atoms with van der Waals surface area (Å²) in [4.78, 5) is 23.3. The molecule has 0 bridgehead atoms. The number of carbonyl (C=O) groups is 2. The molecule has 1 aromatic rings. The molecule has 1 aromatic heterocycles. The van der Waals surface area contributed by atoms with E-state index < -0.39 is 16.0 Å². The van der Waals surface area contributed by atoms with Gasteiger partial charge in [0.15, 0.2) is 0 Å². The van der Waals surface area contributed by atoms with Crippen LogP contribution < -0.4 is 5.32 Å². The molecule has 1 amide bonds. The van der Waals surface area contributed by atoms with E-state index >= 15 is 0 Å². The Kier molecular flexibility index (Phi) is 4.64. The number of aryl methyl sites for hydroxylation is 1. The molecular weight excluding hydrogens is 316 g/mol. The van der Waals surface area contributed by atoms with Crippen LogP contribution in [0.25, 0.3) is 0 Å². The van der Waals surface area contributed by atoms with Gasteiger partial charge in [0, 0.05) is 13.1 Å². The first-order valence-corrected chi connectivity index (χ1v) is 8.63. The molecule has 0 saturated carbocycles. The smallest absolute Gasteiger partial charge is 0.349 e. The number of nitrogens with zero attached hydrogens (tertiary/aromatic N) is 1. The Balaban J connectivity index is 2.46. The first-order chi connectivity index (χ1) is 9.87. The Labute approximate surface area is 126 Å². The highest BCUT2D eigenvalue weighted by atomic mass is 32.2. The maximum Gasteiger partial charge on any atom is 0.349 e. The summed E-state index contributed by atoms with van der Waals surface area (Å²) in [6.07, 6.45) is 0.529. The summed E-state index contributed by atoms with van der Waals surface area (Å²) in [5.74, 6) is -1.03. The lowest BCUT2D eigenvalue weighted by atomic mass is 10.3. The second kappa shape index (κ2) is 6.12. The van der Waals surface area contributed by atoms with Crippen molar-refractivity contribution >= 4 is 33.2 Å². The molecule has 9 heteroatoms. The monoisotopic (exact) mass is 332 g/mol. The van der Waals surface area contributed by atoms with Crippen molar-refractivity contribution in [3.8, 4) is 0 Å². The Morgan fingerprint density at radius 1 is 1.48 bits per heavy atom. The first kappa shape index (κ1) is 15.9. The van der Waals surface area contributed by atoms with Crippen molar-refractivity contribution in [1.82, 2.24) is 9.62 Å². The number of hydrogen-bond acceptors (Lipinski definition) is 6. The molecule has 0 spiro atoms. The van der Waals surface area contributed by atoms with Crippen LogP contribution in [0.5, 0.6) is 0 Å². The van der Waals surface area contributed by atoms with Crippen LogP contribution in [0.2, 0.25) is 0 Å². The van der Waals surface area contributed by atoms with Gasteiger partial charge in [0.1, 0.15) is 9.77 Å². The van der Waals surface area contributed by atoms with E-state index in [1.807, 2.05) is 0 Å². The summed E-state index contributed by atoms with van der Waals surface area (Å²) in [5.41, 5.74) is 0.477. The van der Waals surface area contributed by atoms with Gasteiger partial charge in [0.25, 0.3) is 0 Å². The van der Waals surface area contributed by atoms with Crippen molar-refractivity contribution in [2.75, 3.05) is 26.7 Å². The summed E-state index contributed by atoms with van der Waals surface area (Å²) in [6, 6.07) is 0. The molecule has 21 heavy (non-hydrogen) atoms. The number of thiophene rings is 1. The Morgan fingerprint density at radius 2 is 2.19 bits per heavy atom. The fraction of sp³-hybridized carbons (Fsp3) is 0.500. The predicted molar refractivity (Wildman–Crippen MR) is 76.8 cm³/mol. The molecule has 0 radical (unpaired) electrons. The fourth-order valence-electron chi connectivity index (χ4n) is 2.10. The zero-order valence-corrected chi connectivity index (χ0v) is 13.3. The van der Waals surface area contributed by atoms with Crippen LogP contribution in [0.1, 0.15) is 21.7 Å². The van der Waals surface area contributed by atoms with E-state index in [1.165, 1.54) is 7.11 Å². The molecule has 1 saturated heterocycles. The topological polar surface area (TPSA) is 92.8 Å². The van der Waals surface area contributed by atoms with E-state index in [1.54, 1.807) is 12.3 Å². The Bertz CT molecular complexity index is 665. The highest BCUT2D eigenvalue weighted by Crippen LogP contribution is 2.30. The van der Waals surface area contributed by atoms with Crippen molar-refractivity contribution in [3.63, 3.8) is 0 Å². The number of carbonyl (C=O) groups excluding carboxylic acids is 2. The van der Waals surface area contributed by atoms with E-state index in [0.29, 0.717) is 18.5 Å². The van der Waals surface area contributed by atoms with Crippen LogP contribution >= 0.6 is 11.3 Å². The molecule has 0 aliphatic carbocycles. The maximum atomic E-state index is 12.8. The summed E-state index contributed by atoms with van der Waals surface area (Å²) >= 11 is 1.02. The van der Waals surface area contributed by atoms with Gasteiger partial charge in [-0.05, 0) is 24.3 Å². The lowest BCUT2D eigenvalue weighted by Crippen LogP contribution is -2.38. The second-order valence-corrected chi connectivity index (χ2v) is 7.37. The average Bonchev–Trinajstić information content (AvgIpc) is 2.69. The summed E-state index contributed by atoms with van der Waals surface area (Å²) in [6.45, 7) is 2.06. The van der Waals surface area contributed by atoms with Crippen LogP contribution in [-0.2, 0) is 19.6 Å². The number of esters is 1. The third kappa shape index (κ3) is 3.09. The van der Waals surface area contributed by atoms with Crippen molar-refractivity contribution < 1.29 is 22.7 Å². The molecule has 1 aliphatic heterocycles. The van der Waals surface area contributed by atoms with Crippen LogP contribution in [0.15, 0.2) is 10.3 Å². The molecule has 7 nitrogen and oxygen atoms in total. The van der Waals surface area contributed by atoms with Gasteiger partial charge in [-0.15, -0.1) is 11.3 Å². The number of methoxy groups -OCH3 is 1. The predicted octanol–water partition coefficient (Wildman–Crippen LogP) is 0.354. The Morgan fingerprint density at radius 3 is 2.86 bits per heavy atom. The minimum Gasteiger partial charge on any atom is -0.465 e. The molecule has 1 aliphatic rings. The van der Waals surface area contributed by atoms with Crippen molar-refractivity contribution in [1.29, 1.82) is 0 Å². The maximum absolute atomic E-state index is 12.8. The van der Waals surface area contributed by atoms with Gasteiger partial charge >= 0.3 is 5.97 Å².